The number of nitrogens with zero attached hydrogens (tertiary/aromatic N) is 3. The summed E-state index contributed by atoms with van der Waals surface area (Å²) in [6, 6.07) is 4.02. The molecule has 11 heteroatoms. The highest BCUT2D eigenvalue weighted by Crippen LogP contribution is 2.28. The highest BCUT2D eigenvalue weighted by molar-refractivity contribution is 8.01. The van der Waals surface area contributed by atoms with Gasteiger partial charge in [0, 0.05) is 11.1 Å². The molecule has 0 aliphatic carbocycles. The number of nitrogens with two attached hydrogens (primary N) is 1. The first-order chi connectivity index (χ1) is 9.95. The molecule has 0 bridgehead atoms. The van der Waals surface area contributed by atoms with Crippen molar-refractivity contribution in [1.82, 2.24) is 10.2 Å². The maximum atomic E-state index is 11.8. The van der Waals surface area contributed by atoms with Crippen LogP contribution >= 0.6 is 34.7 Å². The van der Waals surface area contributed by atoms with E-state index in [9.17, 15) is 14.9 Å². The topological polar surface area (TPSA) is 124 Å². The molecule has 1 amide bonds. The largest absolute Gasteiger partial charge is 0.374 e. The SMILES string of the molecule is Nc1nnc(SCC(=O)Nc2ccc(Cl)cc2[N+](=O)[O-])s1. The standard InChI is InChI=1S/C10H8ClN5O3S2/c11-5-1-2-6(7(3-5)16(18)19)13-8(17)4-20-10-15-14-9(12)21-10/h1-3H,4H2,(H2,12,14)(H,13,17). The van der Waals surface area contributed by atoms with Crippen LogP contribution in [0.15, 0.2) is 22.5 Å². The Hall–Kier alpha value is -1.91. The van der Waals surface area contributed by atoms with Crippen LogP contribution in [0.1, 0.15) is 0 Å². The van der Waals surface area contributed by atoms with Crippen LogP contribution in [0.2, 0.25) is 5.02 Å². The van der Waals surface area contributed by atoms with Gasteiger partial charge < -0.3 is 11.1 Å². The van der Waals surface area contributed by atoms with E-state index in [1.54, 1.807) is 0 Å². The number of nitrogen functional groups attached to an aromatic ring is 1. The van der Waals surface area contributed by atoms with Crippen LogP contribution in [0.3, 0.4) is 0 Å². The summed E-state index contributed by atoms with van der Waals surface area (Å²) in [5.41, 5.74) is 5.25. The predicted molar refractivity (Wildman–Crippen MR) is 81.8 cm³/mol. The van der Waals surface area contributed by atoms with Crippen LogP contribution in [0, 0.1) is 10.1 Å². The van der Waals surface area contributed by atoms with E-state index >= 15 is 0 Å². The molecule has 0 saturated heterocycles. The average molecular weight is 346 g/mol. The van der Waals surface area contributed by atoms with Gasteiger partial charge in [0.05, 0.1) is 10.7 Å². The van der Waals surface area contributed by atoms with Gasteiger partial charge in [0.25, 0.3) is 5.69 Å². The van der Waals surface area contributed by atoms with Crippen LogP contribution in [0.5, 0.6) is 0 Å². The lowest BCUT2D eigenvalue weighted by Crippen LogP contribution is -2.15. The lowest BCUT2D eigenvalue weighted by molar-refractivity contribution is -0.383. The Morgan fingerprint density at radius 2 is 2.29 bits per heavy atom. The first-order valence-electron chi connectivity index (χ1n) is 5.41. The van der Waals surface area contributed by atoms with Gasteiger partial charge >= 0.3 is 0 Å². The lowest BCUT2D eigenvalue weighted by atomic mass is 10.2. The molecule has 2 rings (SSSR count). The number of anilines is 2. The molecule has 0 saturated carbocycles. The molecule has 0 aliphatic rings. The molecule has 110 valence electrons. The summed E-state index contributed by atoms with van der Waals surface area (Å²) in [5.74, 6) is -0.367. The Morgan fingerprint density at radius 3 is 2.90 bits per heavy atom. The van der Waals surface area contributed by atoms with E-state index in [1.807, 2.05) is 0 Å². The number of halogens is 1. The number of nitro benzene ring substituents is 1. The molecule has 8 nitrogen and oxygen atoms in total. The zero-order valence-electron chi connectivity index (χ0n) is 10.3. The summed E-state index contributed by atoms with van der Waals surface area (Å²) < 4.78 is 0.549. The highest BCUT2D eigenvalue weighted by Gasteiger charge is 2.16. The summed E-state index contributed by atoms with van der Waals surface area (Å²) in [4.78, 5) is 22.1. The molecular weight excluding hydrogens is 338 g/mol. The Labute approximate surface area is 131 Å². The van der Waals surface area contributed by atoms with E-state index in [0.29, 0.717) is 9.47 Å². The van der Waals surface area contributed by atoms with Gasteiger partial charge in [0.2, 0.25) is 11.0 Å². The molecule has 0 fully saturated rings. The summed E-state index contributed by atoms with van der Waals surface area (Å²) >= 11 is 8.00. The average Bonchev–Trinajstić information content (AvgIpc) is 2.84. The van der Waals surface area contributed by atoms with Crippen LogP contribution in [0.4, 0.5) is 16.5 Å². The normalized spacial score (nSPS) is 10.3. The smallest absolute Gasteiger partial charge is 0.294 e. The van der Waals surface area contributed by atoms with E-state index in [4.69, 9.17) is 17.3 Å². The number of amides is 1. The van der Waals surface area contributed by atoms with E-state index < -0.39 is 10.8 Å². The van der Waals surface area contributed by atoms with Crippen molar-refractivity contribution in [3.63, 3.8) is 0 Å². The number of carbonyl (C=O) groups is 1. The van der Waals surface area contributed by atoms with Gasteiger partial charge in [0.15, 0.2) is 4.34 Å². The van der Waals surface area contributed by atoms with E-state index in [2.05, 4.69) is 15.5 Å². The van der Waals surface area contributed by atoms with Gasteiger partial charge in [-0.3, -0.25) is 14.9 Å². The predicted octanol–water partition coefficient (Wildman–Crippen LogP) is 2.41. The highest BCUT2D eigenvalue weighted by atomic mass is 35.5. The Morgan fingerprint density at radius 1 is 1.52 bits per heavy atom. The lowest BCUT2D eigenvalue weighted by Gasteiger charge is -2.05. The number of rotatable bonds is 5. The molecular formula is C10H8ClN5O3S2. The molecule has 0 unspecified atom stereocenters. The van der Waals surface area contributed by atoms with Gasteiger partial charge in [-0.25, -0.2) is 0 Å². The Balaban J connectivity index is 2.01. The number of thioether (sulfide) groups is 1. The van der Waals surface area contributed by atoms with Gasteiger partial charge in [-0.05, 0) is 12.1 Å². The van der Waals surface area contributed by atoms with Crippen LogP contribution in [0.25, 0.3) is 0 Å². The molecule has 0 atom stereocenters. The fourth-order valence-electron chi connectivity index (χ4n) is 1.35. The number of aromatic nitrogens is 2. The number of benzene rings is 1. The van der Waals surface area contributed by atoms with Crippen molar-refractivity contribution in [2.24, 2.45) is 0 Å². The molecule has 1 aromatic carbocycles. The maximum absolute atomic E-state index is 11.8. The third kappa shape index (κ3) is 4.28. The molecule has 1 heterocycles. The first kappa shape index (κ1) is 15.5. The van der Waals surface area contributed by atoms with Crippen molar-refractivity contribution in [3.05, 3.63) is 33.3 Å². The van der Waals surface area contributed by atoms with E-state index in [1.165, 1.54) is 18.2 Å². The minimum atomic E-state index is -0.611. The van der Waals surface area contributed by atoms with Crippen LogP contribution < -0.4 is 11.1 Å². The van der Waals surface area contributed by atoms with Gasteiger partial charge in [0.1, 0.15) is 5.69 Å². The number of nitro groups is 1. The second-order valence-electron chi connectivity index (χ2n) is 3.66. The fraction of sp³-hybridized carbons (Fsp3) is 0.100. The van der Waals surface area contributed by atoms with Crippen molar-refractivity contribution in [2.45, 2.75) is 4.34 Å². The monoisotopic (exact) mass is 345 g/mol. The minimum Gasteiger partial charge on any atom is -0.374 e. The quantitative estimate of drug-likeness (QED) is 0.484. The minimum absolute atomic E-state index is 0.0361. The second kappa shape index (κ2) is 6.70. The summed E-state index contributed by atoms with van der Waals surface area (Å²) in [6.07, 6.45) is 0. The summed E-state index contributed by atoms with van der Waals surface area (Å²) in [6.45, 7) is 0. The molecule has 1 aromatic heterocycles. The number of hydrogen-bond acceptors (Lipinski definition) is 8. The van der Waals surface area contributed by atoms with Crippen LogP contribution in [-0.2, 0) is 4.79 Å². The first-order valence-corrected chi connectivity index (χ1v) is 7.59. The molecule has 21 heavy (non-hydrogen) atoms. The van der Waals surface area contributed by atoms with E-state index in [-0.39, 0.29) is 22.2 Å². The summed E-state index contributed by atoms with van der Waals surface area (Å²) in [7, 11) is 0. The molecule has 2 aromatic rings. The van der Waals surface area contributed by atoms with Gasteiger partial charge in [-0.15, -0.1) is 10.2 Å². The number of nitrogens with one attached hydrogen (secondary N) is 1. The maximum Gasteiger partial charge on any atom is 0.294 e. The zero-order chi connectivity index (χ0) is 15.4. The van der Waals surface area contributed by atoms with Crippen molar-refractivity contribution < 1.29 is 9.72 Å². The molecule has 0 aliphatic heterocycles. The Bertz CT molecular complexity index is 693. The number of hydrogen-bond donors (Lipinski definition) is 2. The van der Waals surface area contributed by atoms with Gasteiger partial charge in [-0.2, -0.15) is 0 Å². The van der Waals surface area contributed by atoms with Crippen molar-refractivity contribution in [1.29, 1.82) is 0 Å². The van der Waals surface area contributed by atoms with Crippen molar-refractivity contribution in [3.8, 4) is 0 Å². The third-order valence-electron chi connectivity index (χ3n) is 2.18. The fourth-order valence-corrected chi connectivity index (χ4v) is 2.96. The molecule has 0 radical (unpaired) electrons. The van der Waals surface area contributed by atoms with Crippen LogP contribution in [-0.4, -0.2) is 26.8 Å². The van der Waals surface area contributed by atoms with Gasteiger partial charge in [-0.1, -0.05) is 34.7 Å². The molecule has 0 spiro atoms. The second-order valence-corrected chi connectivity index (χ2v) is 6.33. The third-order valence-corrected chi connectivity index (χ3v) is 4.30. The summed E-state index contributed by atoms with van der Waals surface area (Å²) in [5, 5.41) is 21.3. The van der Waals surface area contributed by atoms with Crippen molar-refractivity contribution in [2.75, 3.05) is 16.8 Å². The zero-order valence-corrected chi connectivity index (χ0v) is 12.7. The van der Waals surface area contributed by atoms with Crippen molar-refractivity contribution >= 4 is 57.1 Å². The Kier molecular flexibility index (Phi) is 4.94. The molecule has 3 N–H and O–H groups in total. The number of carbonyl (C=O) groups excluding carboxylic acids is 1. The van der Waals surface area contributed by atoms with E-state index in [0.717, 1.165) is 23.1 Å².